The van der Waals surface area contributed by atoms with Crippen molar-refractivity contribution in [3.8, 4) is 0 Å². The molecule has 1 aliphatic rings. The maximum Gasteiger partial charge on any atom is 0.0802 e. The highest BCUT2D eigenvalue weighted by atomic mass is 35.5. The van der Waals surface area contributed by atoms with Gasteiger partial charge in [0.25, 0.3) is 0 Å². The van der Waals surface area contributed by atoms with E-state index in [9.17, 15) is 5.11 Å². The van der Waals surface area contributed by atoms with E-state index in [4.69, 9.17) is 11.6 Å². The molecule has 3 heteroatoms. The average molecular weight is 234 g/mol. The summed E-state index contributed by atoms with van der Waals surface area (Å²) in [5.41, 5.74) is 0. The van der Waals surface area contributed by atoms with E-state index in [0.29, 0.717) is 5.88 Å². The highest BCUT2D eigenvalue weighted by Gasteiger charge is 2.17. The number of hydrogen-bond acceptors (Lipinski definition) is 2. The van der Waals surface area contributed by atoms with Crippen molar-refractivity contribution in [1.82, 2.24) is 4.90 Å². The first-order chi connectivity index (χ1) is 7.26. The van der Waals surface area contributed by atoms with Crippen LogP contribution in [0.1, 0.15) is 39.0 Å². The van der Waals surface area contributed by atoms with Gasteiger partial charge in [0.2, 0.25) is 0 Å². The molecule has 0 aromatic rings. The summed E-state index contributed by atoms with van der Waals surface area (Å²) in [6, 6.07) is 0. The molecule has 15 heavy (non-hydrogen) atoms. The smallest absolute Gasteiger partial charge is 0.0802 e. The quantitative estimate of drug-likeness (QED) is 0.738. The van der Waals surface area contributed by atoms with Crippen LogP contribution in [0.15, 0.2) is 0 Å². The lowest BCUT2D eigenvalue weighted by Gasteiger charge is -2.22. The molecule has 0 amide bonds. The topological polar surface area (TPSA) is 23.5 Å². The molecule has 90 valence electrons. The SMILES string of the molecule is CCCC1CCCN(CC(O)CCl)CC1. The van der Waals surface area contributed by atoms with Crippen LogP contribution in [0.4, 0.5) is 0 Å². The zero-order valence-corrected chi connectivity index (χ0v) is 10.5. The van der Waals surface area contributed by atoms with Crippen LogP contribution in [0.2, 0.25) is 0 Å². The van der Waals surface area contributed by atoms with E-state index in [1.807, 2.05) is 0 Å². The molecule has 2 nitrogen and oxygen atoms in total. The van der Waals surface area contributed by atoms with E-state index in [-0.39, 0.29) is 6.10 Å². The first-order valence-electron chi connectivity index (χ1n) is 6.22. The summed E-state index contributed by atoms with van der Waals surface area (Å²) in [6.45, 7) is 5.29. The summed E-state index contributed by atoms with van der Waals surface area (Å²) < 4.78 is 0. The normalized spacial score (nSPS) is 26.2. The zero-order valence-electron chi connectivity index (χ0n) is 9.79. The zero-order chi connectivity index (χ0) is 11.1. The van der Waals surface area contributed by atoms with Crippen LogP contribution in [0.25, 0.3) is 0 Å². The Hall–Kier alpha value is 0.210. The Bertz CT molecular complexity index is 166. The molecule has 0 radical (unpaired) electrons. The van der Waals surface area contributed by atoms with Gasteiger partial charge < -0.3 is 10.0 Å². The third kappa shape index (κ3) is 5.19. The molecule has 0 aromatic heterocycles. The van der Waals surface area contributed by atoms with Crippen molar-refractivity contribution < 1.29 is 5.11 Å². The van der Waals surface area contributed by atoms with Gasteiger partial charge in [0.15, 0.2) is 0 Å². The standard InChI is InChI=1S/C12H24ClNO/c1-2-4-11-5-3-7-14(8-6-11)10-12(15)9-13/h11-12,15H,2-10H2,1H3. The Morgan fingerprint density at radius 1 is 1.40 bits per heavy atom. The summed E-state index contributed by atoms with van der Waals surface area (Å²) >= 11 is 5.61. The van der Waals surface area contributed by atoms with Gasteiger partial charge in [-0.3, -0.25) is 0 Å². The molecule has 1 fully saturated rings. The minimum absolute atomic E-state index is 0.352. The Morgan fingerprint density at radius 3 is 2.87 bits per heavy atom. The summed E-state index contributed by atoms with van der Waals surface area (Å²) in [5, 5.41) is 9.50. The number of nitrogens with zero attached hydrogens (tertiary/aromatic N) is 1. The minimum Gasteiger partial charge on any atom is -0.391 e. The lowest BCUT2D eigenvalue weighted by Crippen LogP contribution is -2.34. The van der Waals surface area contributed by atoms with Crippen molar-refractivity contribution in [3.05, 3.63) is 0 Å². The predicted octanol–water partition coefficient (Wildman–Crippen LogP) is 2.49. The summed E-state index contributed by atoms with van der Waals surface area (Å²) in [6.07, 6.45) is 6.25. The second-order valence-electron chi connectivity index (χ2n) is 4.69. The molecule has 0 bridgehead atoms. The first-order valence-corrected chi connectivity index (χ1v) is 6.76. The Kier molecular flexibility index (Phi) is 6.62. The molecular weight excluding hydrogens is 210 g/mol. The second kappa shape index (κ2) is 7.48. The molecule has 1 N–H and O–H groups in total. The highest BCUT2D eigenvalue weighted by molar-refractivity contribution is 6.18. The lowest BCUT2D eigenvalue weighted by molar-refractivity contribution is 0.130. The van der Waals surface area contributed by atoms with Crippen LogP contribution in [0, 0.1) is 5.92 Å². The van der Waals surface area contributed by atoms with Crippen LogP contribution in [0.3, 0.4) is 0 Å². The molecule has 2 unspecified atom stereocenters. The van der Waals surface area contributed by atoms with Gasteiger partial charge >= 0.3 is 0 Å². The molecule has 0 saturated carbocycles. The molecule has 0 aromatic carbocycles. The number of aliphatic hydroxyl groups is 1. The molecule has 2 atom stereocenters. The number of aliphatic hydroxyl groups excluding tert-OH is 1. The van der Waals surface area contributed by atoms with Gasteiger partial charge in [0.05, 0.1) is 6.10 Å². The average Bonchev–Trinajstić information content (AvgIpc) is 2.45. The monoisotopic (exact) mass is 233 g/mol. The molecule has 1 heterocycles. The molecule has 0 aliphatic carbocycles. The predicted molar refractivity (Wildman–Crippen MR) is 65.4 cm³/mol. The summed E-state index contributed by atoms with van der Waals surface area (Å²) in [5.74, 6) is 1.27. The fourth-order valence-electron chi connectivity index (χ4n) is 2.45. The molecule has 0 spiro atoms. The number of likely N-dealkylation sites (tertiary alicyclic amines) is 1. The highest BCUT2D eigenvalue weighted by Crippen LogP contribution is 2.21. The van der Waals surface area contributed by atoms with E-state index in [0.717, 1.165) is 25.6 Å². The van der Waals surface area contributed by atoms with E-state index in [1.54, 1.807) is 0 Å². The van der Waals surface area contributed by atoms with Crippen molar-refractivity contribution in [2.24, 2.45) is 5.92 Å². The Labute approximate surface area is 98.6 Å². The van der Waals surface area contributed by atoms with Crippen LogP contribution < -0.4 is 0 Å². The van der Waals surface area contributed by atoms with E-state index < -0.39 is 0 Å². The van der Waals surface area contributed by atoms with Gasteiger partial charge in [0.1, 0.15) is 0 Å². The molecule has 1 saturated heterocycles. The first kappa shape index (κ1) is 13.3. The molecule has 1 rings (SSSR count). The van der Waals surface area contributed by atoms with E-state index in [2.05, 4.69) is 11.8 Å². The number of halogens is 1. The van der Waals surface area contributed by atoms with Gasteiger partial charge in [-0.05, 0) is 38.3 Å². The Morgan fingerprint density at radius 2 is 2.20 bits per heavy atom. The second-order valence-corrected chi connectivity index (χ2v) is 5.00. The number of hydrogen-bond donors (Lipinski definition) is 1. The third-order valence-corrected chi connectivity index (χ3v) is 3.64. The summed E-state index contributed by atoms with van der Waals surface area (Å²) in [7, 11) is 0. The fourth-order valence-corrected chi connectivity index (χ4v) is 2.55. The van der Waals surface area contributed by atoms with Crippen molar-refractivity contribution >= 4 is 11.6 Å². The van der Waals surface area contributed by atoms with Crippen LogP contribution in [0.5, 0.6) is 0 Å². The fraction of sp³-hybridized carbons (Fsp3) is 1.00. The van der Waals surface area contributed by atoms with Gasteiger partial charge in [-0.2, -0.15) is 0 Å². The minimum atomic E-state index is -0.352. The van der Waals surface area contributed by atoms with Crippen molar-refractivity contribution in [1.29, 1.82) is 0 Å². The van der Waals surface area contributed by atoms with Crippen molar-refractivity contribution in [3.63, 3.8) is 0 Å². The van der Waals surface area contributed by atoms with Gasteiger partial charge in [-0.25, -0.2) is 0 Å². The van der Waals surface area contributed by atoms with E-state index >= 15 is 0 Å². The summed E-state index contributed by atoms with van der Waals surface area (Å²) in [4.78, 5) is 2.36. The maximum absolute atomic E-state index is 9.50. The molecular formula is C12H24ClNO. The van der Waals surface area contributed by atoms with Crippen molar-refractivity contribution in [2.75, 3.05) is 25.5 Å². The molecule has 1 aliphatic heterocycles. The van der Waals surface area contributed by atoms with Gasteiger partial charge in [-0.15, -0.1) is 11.6 Å². The van der Waals surface area contributed by atoms with Gasteiger partial charge in [0, 0.05) is 12.4 Å². The van der Waals surface area contributed by atoms with E-state index in [1.165, 1.54) is 32.1 Å². The van der Waals surface area contributed by atoms with Crippen LogP contribution in [-0.4, -0.2) is 41.6 Å². The van der Waals surface area contributed by atoms with Gasteiger partial charge in [-0.1, -0.05) is 19.8 Å². The Balaban J connectivity index is 2.26. The maximum atomic E-state index is 9.50. The van der Waals surface area contributed by atoms with Crippen LogP contribution >= 0.6 is 11.6 Å². The number of rotatable bonds is 5. The largest absolute Gasteiger partial charge is 0.391 e. The lowest BCUT2D eigenvalue weighted by atomic mass is 9.96. The van der Waals surface area contributed by atoms with Crippen molar-refractivity contribution in [2.45, 2.75) is 45.1 Å². The number of alkyl halides is 1. The van der Waals surface area contributed by atoms with Crippen LogP contribution in [-0.2, 0) is 0 Å². The third-order valence-electron chi connectivity index (χ3n) is 3.28. The number of β-amino-alcohol motifs (C(OH)–C–C–N with tert-alkyl or cyclic N) is 1.